The molecule has 0 aromatic heterocycles. The van der Waals surface area contributed by atoms with Crippen molar-refractivity contribution in [1.82, 2.24) is 5.32 Å². The largest absolute Gasteiger partial charge is 0.496 e. The smallest absolute Gasteiger partial charge is 0.124 e. The van der Waals surface area contributed by atoms with Crippen molar-refractivity contribution >= 4 is 23.4 Å². The van der Waals surface area contributed by atoms with Crippen LogP contribution in [-0.4, -0.2) is 25.2 Å². The van der Waals surface area contributed by atoms with Gasteiger partial charge in [0.05, 0.1) is 12.9 Å². The number of nitrogens with one attached hydrogen (secondary N) is 1. The third-order valence-electron chi connectivity index (χ3n) is 2.21. The third-order valence-corrected chi connectivity index (χ3v) is 3.42. The molecule has 2 nitrogen and oxygen atoms in total. The molecule has 0 unspecified atom stereocenters. The Hall–Kier alpha value is -0.820. The molecule has 92 valence electrons. The quantitative estimate of drug-likeness (QED) is 0.608. The fourth-order valence-electron chi connectivity index (χ4n) is 1.39. The van der Waals surface area contributed by atoms with Gasteiger partial charge in [-0.3, -0.25) is 0 Å². The van der Waals surface area contributed by atoms with Gasteiger partial charge in [0.2, 0.25) is 0 Å². The van der Waals surface area contributed by atoms with Crippen LogP contribution in [0.5, 0.6) is 5.75 Å². The molecule has 1 aromatic rings. The molecule has 0 amide bonds. The zero-order valence-electron chi connectivity index (χ0n) is 9.83. The minimum Gasteiger partial charge on any atom is -0.496 e. The van der Waals surface area contributed by atoms with Gasteiger partial charge in [0.1, 0.15) is 5.75 Å². The summed E-state index contributed by atoms with van der Waals surface area (Å²) in [4.78, 5) is 0. The number of halogens is 1. The molecule has 0 saturated carbocycles. The first-order valence-corrected chi connectivity index (χ1v) is 6.86. The van der Waals surface area contributed by atoms with Crippen LogP contribution in [0.3, 0.4) is 0 Å². The fourth-order valence-corrected chi connectivity index (χ4v) is 2.17. The van der Waals surface area contributed by atoms with Crippen molar-refractivity contribution in [2.24, 2.45) is 0 Å². The van der Waals surface area contributed by atoms with Crippen molar-refractivity contribution in [2.75, 3.05) is 25.2 Å². The van der Waals surface area contributed by atoms with Gasteiger partial charge in [-0.1, -0.05) is 23.6 Å². The minimum absolute atomic E-state index is 0.708. The second-order valence-electron chi connectivity index (χ2n) is 3.35. The number of ether oxygens (including phenoxy) is 1. The van der Waals surface area contributed by atoms with Crippen molar-refractivity contribution in [3.05, 3.63) is 28.8 Å². The SMILES string of the molecule is C#CCSCCNCc1c(Cl)cccc1OC. The number of methoxy groups -OCH3 is 1. The van der Waals surface area contributed by atoms with E-state index >= 15 is 0 Å². The Morgan fingerprint density at radius 3 is 3.06 bits per heavy atom. The average Bonchev–Trinajstić information content (AvgIpc) is 2.35. The molecule has 0 heterocycles. The summed E-state index contributed by atoms with van der Waals surface area (Å²) in [5.41, 5.74) is 0.999. The van der Waals surface area contributed by atoms with Crippen LogP contribution in [0, 0.1) is 12.3 Å². The Morgan fingerprint density at radius 1 is 1.53 bits per heavy atom. The maximum absolute atomic E-state index is 6.12. The predicted molar refractivity (Wildman–Crippen MR) is 75.9 cm³/mol. The Morgan fingerprint density at radius 2 is 2.35 bits per heavy atom. The van der Waals surface area contributed by atoms with Crippen LogP contribution >= 0.6 is 23.4 Å². The topological polar surface area (TPSA) is 21.3 Å². The molecule has 0 bridgehead atoms. The zero-order valence-corrected chi connectivity index (χ0v) is 11.4. The van der Waals surface area contributed by atoms with E-state index < -0.39 is 0 Å². The summed E-state index contributed by atoms with van der Waals surface area (Å²) in [6, 6.07) is 5.66. The standard InChI is InChI=1S/C13H16ClNOS/c1-3-8-17-9-7-15-10-11-12(14)5-4-6-13(11)16-2/h1,4-6,15H,7-10H2,2H3. The van der Waals surface area contributed by atoms with E-state index in [1.54, 1.807) is 18.9 Å². The predicted octanol–water partition coefficient (Wildman–Crippen LogP) is 2.80. The van der Waals surface area contributed by atoms with Gasteiger partial charge in [-0.15, -0.1) is 18.2 Å². The zero-order chi connectivity index (χ0) is 12.5. The van der Waals surface area contributed by atoms with E-state index in [9.17, 15) is 0 Å². The second kappa shape index (κ2) is 8.30. The fraction of sp³-hybridized carbons (Fsp3) is 0.385. The van der Waals surface area contributed by atoms with Gasteiger partial charge in [0.25, 0.3) is 0 Å². The molecule has 1 aromatic carbocycles. The molecule has 1 rings (SSSR count). The van der Waals surface area contributed by atoms with E-state index in [0.717, 1.165) is 34.4 Å². The molecule has 0 radical (unpaired) electrons. The van der Waals surface area contributed by atoms with E-state index in [1.165, 1.54) is 0 Å². The molecule has 1 N–H and O–H groups in total. The highest BCUT2D eigenvalue weighted by Gasteiger charge is 2.06. The number of terminal acetylenes is 1. The molecule has 17 heavy (non-hydrogen) atoms. The van der Waals surface area contributed by atoms with Gasteiger partial charge < -0.3 is 10.1 Å². The highest BCUT2D eigenvalue weighted by molar-refractivity contribution is 7.99. The van der Waals surface area contributed by atoms with Crippen LogP contribution in [0.15, 0.2) is 18.2 Å². The van der Waals surface area contributed by atoms with Gasteiger partial charge in [0, 0.05) is 29.4 Å². The molecule has 0 saturated heterocycles. The summed E-state index contributed by atoms with van der Waals surface area (Å²) in [6.07, 6.45) is 5.17. The van der Waals surface area contributed by atoms with Crippen LogP contribution in [0.25, 0.3) is 0 Å². The summed E-state index contributed by atoms with van der Waals surface area (Å²) in [5, 5.41) is 4.05. The lowest BCUT2D eigenvalue weighted by molar-refractivity contribution is 0.408. The van der Waals surface area contributed by atoms with Gasteiger partial charge in [-0.25, -0.2) is 0 Å². The number of hydrogen-bond donors (Lipinski definition) is 1. The Bertz CT molecular complexity index is 389. The van der Waals surface area contributed by atoms with Crippen molar-refractivity contribution in [3.63, 3.8) is 0 Å². The van der Waals surface area contributed by atoms with Gasteiger partial charge in [-0.2, -0.15) is 0 Å². The molecule has 0 aliphatic rings. The van der Waals surface area contributed by atoms with Crippen LogP contribution in [0.4, 0.5) is 0 Å². The molecule has 0 atom stereocenters. The molecular formula is C13H16ClNOS. The lowest BCUT2D eigenvalue weighted by Crippen LogP contribution is -2.17. The summed E-state index contributed by atoms with van der Waals surface area (Å²) in [7, 11) is 1.65. The van der Waals surface area contributed by atoms with Crippen molar-refractivity contribution in [3.8, 4) is 18.1 Å². The Kier molecular flexibility index (Phi) is 6.95. The molecule has 4 heteroatoms. The normalized spacial score (nSPS) is 9.94. The summed E-state index contributed by atoms with van der Waals surface area (Å²) >= 11 is 7.86. The summed E-state index contributed by atoms with van der Waals surface area (Å²) in [6.45, 7) is 1.61. The van der Waals surface area contributed by atoms with E-state index in [-0.39, 0.29) is 0 Å². The van der Waals surface area contributed by atoms with E-state index in [1.807, 2.05) is 18.2 Å². The first-order valence-electron chi connectivity index (χ1n) is 5.33. The number of benzene rings is 1. The Balaban J connectivity index is 2.38. The molecule has 0 aliphatic heterocycles. The van der Waals surface area contributed by atoms with Crippen LogP contribution in [0.1, 0.15) is 5.56 Å². The first-order chi connectivity index (χ1) is 8.29. The van der Waals surface area contributed by atoms with Crippen LogP contribution < -0.4 is 10.1 Å². The van der Waals surface area contributed by atoms with E-state index in [4.69, 9.17) is 22.8 Å². The van der Waals surface area contributed by atoms with Crippen LogP contribution in [0.2, 0.25) is 5.02 Å². The van der Waals surface area contributed by atoms with Crippen molar-refractivity contribution in [2.45, 2.75) is 6.54 Å². The molecule has 0 fully saturated rings. The summed E-state index contributed by atoms with van der Waals surface area (Å²) in [5.74, 6) is 5.18. The third kappa shape index (κ3) is 4.91. The summed E-state index contributed by atoms with van der Waals surface area (Å²) < 4.78 is 5.27. The molecule has 0 aliphatic carbocycles. The number of thioether (sulfide) groups is 1. The number of hydrogen-bond acceptors (Lipinski definition) is 3. The molecule has 0 spiro atoms. The number of rotatable bonds is 7. The van der Waals surface area contributed by atoms with Gasteiger partial charge >= 0.3 is 0 Å². The Labute approximate surface area is 112 Å². The van der Waals surface area contributed by atoms with Gasteiger partial charge in [0.15, 0.2) is 0 Å². The first kappa shape index (κ1) is 14.2. The van der Waals surface area contributed by atoms with Crippen LogP contribution in [-0.2, 0) is 6.54 Å². The molecular weight excluding hydrogens is 254 g/mol. The second-order valence-corrected chi connectivity index (χ2v) is 4.87. The van der Waals surface area contributed by atoms with Crippen molar-refractivity contribution in [1.29, 1.82) is 0 Å². The lowest BCUT2D eigenvalue weighted by atomic mass is 10.2. The van der Waals surface area contributed by atoms with Crippen molar-refractivity contribution < 1.29 is 4.74 Å². The lowest BCUT2D eigenvalue weighted by Gasteiger charge is -2.11. The van der Waals surface area contributed by atoms with Gasteiger partial charge in [-0.05, 0) is 12.1 Å². The maximum atomic E-state index is 6.12. The van der Waals surface area contributed by atoms with E-state index in [0.29, 0.717) is 6.54 Å². The van der Waals surface area contributed by atoms with E-state index in [2.05, 4.69) is 11.2 Å². The minimum atomic E-state index is 0.708. The average molecular weight is 270 g/mol. The highest BCUT2D eigenvalue weighted by atomic mass is 35.5. The highest BCUT2D eigenvalue weighted by Crippen LogP contribution is 2.25. The maximum Gasteiger partial charge on any atom is 0.124 e. The monoisotopic (exact) mass is 269 g/mol.